The van der Waals surface area contributed by atoms with E-state index in [-0.39, 0.29) is 29.7 Å². The number of phenolic OH excluding ortho intramolecular Hbond substituents is 1. The van der Waals surface area contributed by atoms with Crippen LogP contribution in [0.5, 0.6) is 5.75 Å². The molecule has 0 bridgehead atoms. The van der Waals surface area contributed by atoms with Crippen LogP contribution in [0.25, 0.3) is 0 Å². The Morgan fingerprint density at radius 1 is 1.31 bits per heavy atom. The Morgan fingerprint density at radius 3 is 2.81 bits per heavy atom. The van der Waals surface area contributed by atoms with Crippen molar-refractivity contribution in [2.45, 2.75) is 31.5 Å². The first-order chi connectivity index (χ1) is 15.4. The molecule has 2 aliphatic rings. The molecule has 1 spiro atoms. The molecule has 0 aromatic heterocycles. The van der Waals surface area contributed by atoms with Gasteiger partial charge in [-0.25, -0.2) is 0 Å². The van der Waals surface area contributed by atoms with E-state index in [9.17, 15) is 9.90 Å². The smallest absolute Gasteiger partial charge is 0.227 e. The highest BCUT2D eigenvalue weighted by molar-refractivity contribution is 6.31. The number of hydrogen-bond acceptors (Lipinski definition) is 5. The number of amides is 1. The standard InChI is InChI=1S/C25H28ClN3O3/c1-28(13-10-27)24(31)20(14-19-15-21(30)6-7-23(19)26)16-29-11-8-25(9-12-29)22-5-3-2-4-18(22)17-32-25/h2-7,15,20,30H,8-9,11-14,16-17H2,1H3. The second kappa shape index (κ2) is 9.50. The van der Waals surface area contributed by atoms with E-state index >= 15 is 0 Å². The minimum absolute atomic E-state index is 0.0385. The summed E-state index contributed by atoms with van der Waals surface area (Å²) in [6, 6.07) is 15.3. The fourth-order valence-corrected chi connectivity index (χ4v) is 5.11. The average Bonchev–Trinajstić information content (AvgIpc) is 3.15. The van der Waals surface area contributed by atoms with Gasteiger partial charge in [0.2, 0.25) is 5.91 Å². The summed E-state index contributed by atoms with van der Waals surface area (Å²) in [6.45, 7) is 2.92. The topological polar surface area (TPSA) is 76.8 Å². The lowest BCUT2D eigenvalue weighted by molar-refractivity contribution is -0.135. The number of carbonyl (C=O) groups excluding carboxylic acids is 1. The molecule has 0 aliphatic carbocycles. The zero-order valence-corrected chi connectivity index (χ0v) is 19.0. The SMILES string of the molecule is CN(CC#N)C(=O)C(Cc1cc(O)ccc1Cl)CN1CCC2(CC1)OCc1ccccc12. The number of aromatic hydroxyl groups is 1. The summed E-state index contributed by atoms with van der Waals surface area (Å²) >= 11 is 6.34. The van der Waals surface area contributed by atoms with Gasteiger partial charge in [0.15, 0.2) is 0 Å². The van der Waals surface area contributed by atoms with E-state index in [2.05, 4.69) is 29.2 Å². The summed E-state index contributed by atoms with van der Waals surface area (Å²) < 4.78 is 6.26. The molecule has 7 heteroatoms. The quantitative estimate of drug-likeness (QED) is 0.675. The third-order valence-corrected chi connectivity index (χ3v) is 7.05. The van der Waals surface area contributed by atoms with Crippen LogP contribution in [0.2, 0.25) is 5.02 Å². The maximum absolute atomic E-state index is 13.1. The van der Waals surface area contributed by atoms with Crippen LogP contribution >= 0.6 is 11.6 Å². The predicted octanol–water partition coefficient (Wildman–Crippen LogP) is 3.71. The van der Waals surface area contributed by atoms with Crippen LogP contribution in [0.1, 0.15) is 29.5 Å². The number of benzene rings is 2. The Morgan fingerprint density at radius 2 is 2.06 bits per heavy atom. The molecule has 1 saturated heterocycles. The van der Waals surface area contributed by atoms with Crippen LogP contribution in [0, 0.1) is 17.2 Å². The van der Waals surface area contributed by atoms with Gasteiger partial charge in [0.25, 0.3) is 0 Å². The second-order valence-corrected chi connectivity index (χ2v) is 9.18. The van der Waals surface area contributed by atoms with E-state index in [4.69, 9.17) is 21.6 Å². The Kier molecular flexibility index (Phi) is 6.71. The lowest BCUT2D eigenvalue weighted by Gasteiger charge is -2.40. The minimum Gasteiger partial charge on any atom is -0.508 e. The van der Waals surface area contributed by atoms with Crippen molar-refractivity contribution in [1.82, 2.24) is 9.80 Å². The third-order valence-electron chi connectivity index (χ3n) is 6.68. The van der Waals surface area contributed by atoms with Crippen molar-refractivity contribution < 1.29 is 14.6 Å². The van der Waals surface area contributed by atoms with E-state index < -0.39 is 0 Å². The number of halogens is 1. The summed E-state index contributed by atoms with van der Waals surface area (Å²) in [4.78, 5) is 16.9. The molecule has 1 N–H and O–H groups in total. The number of nitriles is 1. The molecule has 2 aliphatic heterocycles. The lowest BCUT2D eigenvalue weighted by atomic mass is 9.83. The fourth-order valence-electron chi connectivity index (χ4n) is 4.92. The van der Waals surface area contributed by atoms with Crippen LogP contribution in [0.15, 0.2) is 42.5 Å². The number of nitrogens with zero attached hydrogens (tertiary/aromatic N) is 3. The molecule has 1 unspecified atom stereocenters. The van der Waals surface area contributed by atoms with Crippen LogP contribution in [0.4, 0.5) is 0 Å². The average molecular weight is 454 g/mol. The molecule has 1 atom stereocenters. The normalized spacial score (nSPS) is 18.2. The van der Waals surface area contributed by atoms with Crippen molar-refractivity contribution >= 4 is 17.5 Å². The van der Waals surface area contributed by atoms with E-state index in [1.54, 1.807) is 19.2 Å². The zero-order chi connectivity index (χ0) is 22.7. The van der Waals surface area contributed by atoms with E-state index in [1.165, 1.54) is 22.1 Å². The van der Waals surface area contributed by atoms with Gasteiger partial charge in [-0.15, -0.1) is 0 Å². The Hall–Kier alpha value is -2.59. The first kappa shape index (κ1) is 22.6. The van der Waals surface area contributed by atoms with Crippen molar-refractivity contribution in [2.75, 3.05) is 33.2 Å². The van der Waals surface area contributed by atoms with Crippen molar-refractivity contribution in [3.05, 3.63) is 64.2 Å². The van der Waals surface area contributed by atoms with Crippen LogP contribution in [-0.2, 0) is 28.2 Å². The van der Waals surface area contributed by atoms with Gasteiger partial charge in [-0.05, 0) is 54.2 Å². The first-order valence-electron chi connectivity index (χ1n) is 11.0. The Labute approximate surface area is 194 Å². The van der Waals surface area contributed by atoms with Crippen molar-refractivity contribution in [3.8, 4) is 11.8 Å². The van der Waals surface area contributed by atoms with E-state index in [0.717, 1.165) is 31.5 Å². The number of hydrogen-bond donors (Lipinski definition) is 1. The van der Waals surface area contributed by atoms with Crippen LogP contribution in [0.3, 0.4) is 0 Å². The molecule has 168 valence electrons. The molecule has 0 saturated carbocycles. The van der Waals surface area contributed by atoms with E-state index in [0.29, 0.717) is 24.6 Å². The van der Waals surface area contributed by atoms with Crippen molar-refractivity contribution in [1.29, 1.82) is 5.26 Å². The zero-order valence-electron chi connectivity index (χ0n) is 18.3. The number of rotatable bonds is 6. The second-order valence-electron chi connectivity index (χ2n) is 8.77. The molecule has 1 amide bonds. The fraction of sp³-hybridized carbons (Fsp3) is 0.440. The first-order valence-corrected chi connectivity index (χ1v) is 11.3. The molecule has 32 heavy (non-hydrogen) atoms. The Balaban J connectivity index is 1.47. The van der Waals surface area contributed by atoms with Crippen LogP contribution < -0.4 is 0 Å². The molecule has 6 nitrogen and oxygen atoms in total. The minimum atomic E-state index is -0.363. The summed E-state index contributed by atoms with van der Waals surface area (Å²) in [5.74, 6) is -0.329. The monoisotopic (exact) mass is 453 g/mol. The molecule has 4 rings (SSSR count). The predicted molar refractivity (Wildman–Crippen MR) is 122 cm³/mol. The summed E-state index contributed by atoms with van der Waals surface area (Å²) in [6.07, 6.45) is 2.17. The van der Waals surface area contributed by atoms with Crippen LogP contribution in [-0.4, -0.2) is 54.0 Å². The highest BCUT2D eigenvalue weighted by Crippen LogP contribution is 2.44. The maximum atomic E-state index is 13.1. The summed E-state index contributed by atoms with van der Waals surface area (Å²) in [5.41, 5.74) is 3.08. The largest absolute Gasteiger partial charge is 0.508 e. The maximum Gasteiger partial charge on any atom is 0.227 e. The number of phenols is 1. The van der Waals surface area contributed by atoms with Gasteiger partial charge in [0, 0.05) is 31.7 Å². The molecule has 2 heterocycles. The molecule has 2 aromatic rings. The molecule has 1 fully saturated rings. The number of likely N-dealkylation sites (tertiary alicyclic amines) is 1. The molecular weight excluding hydrogens is 426 g/mol. The number of piperidine rings is 1. The van der Waals surface area contributed by atoms with Gasteiger partial charge in [-0.2, -0.15) is 5.26 Å². The number of ether oxygens (including phenoxy) is 1. The van der Waals surface area contributed by atoms with Gasteiger partial charge in [0.05, 0.1) is 24.2 Å². The van der Waals surface area contributed by atoms with Gasteiger partial charge < -0.3 is 19.6 Å². The molecule has 0 radical (unpaired) electrons. The van der Waals surface area contributed by atoms with E-state index in [1.807, 2.05) is 6.07 Å². The molecule has 2 aromatic carbocycles. The number of fused-ring (bicyclic) bond motifs is 2. The number of carbonyl (C=O) groups is 1. The lowest BCUT2D eigenvalue weighted by Crippen LogP contribution is -2.47. The van der Waals surface area contributed by atoms with Gasteiger partial charge >= 0.3 is 0 Å². The van der Waals surface area contributed by atoms with Crippen molar-refractivity contribution in [2.24, 2.45) is 5.92 Å². The van der Waals surface area contributed by atoms with Gasteiger partial charge in [0.1, 0.15) is 12.3 Å². The van der Waals surface area contributed by atoms with Gasteiger partial charge in [-0.3, -0.25) is 4.79 Å². The van der Waals surface area contributed by atoms with Crippen molar-refractivity contribution in [3.63, 3.8) is 0 Å². The highest BCUT2D eigenvalue weighted by Gasteiger charge is 2.42. The molecular formula is C25H28ClN3O3. The third kappa shape index (κ3) is 4.61. The Bertz CT molecular complexity index is 1030. The summed E-state index contributed by atoms with van der Waals surface area (Å²) in [5, 5.41) is 19.4. The highest BCUT2D eigenvalue weighted by atomic mass is 35.5. The summed E-state index contributed by atoms with van der Waals surface area (Å²) in [7, 11) is 1.65. The van der Waals surface area contributed by atoms with Gasteiger partial charge in [-0.1, -0.05) is 35.9 Å².